The van der Waals surface area contributed by atoms with Crippen molar-refractivity contribution in [3.05, 3.63) is 37.1 Å². The third-order valence-electron chi connectivity index (χ3n) is 6.33. The van der Waals surface area contributed by atoms with Gasteiger partial charge in [0.15, 0.2) is 5.03 Å². The van der Waals surface area contributed by atoms with Crippen molar-refractivity contribution < 1.29 is 18.0 Å². The molecule has 4 rings (SSSR count). The molecule has 0 aliphatic carbocycles. The van der Waals surface area contributed by atoms with Crippen molar-refractivity contribution in [1.29, 1.82) is 0 Å². The molecular weight excluding hydrogens is 420 g/mol. The molecule has 2 amide bonds. The van der Waals surface area contributed by atoms with Crippen LogP contribution in [0.1, 0.15) is 26.2 Å². The number of pyridine rings is 1. The van der Waals surface area contributed by atoms with Gasteiger partial charge in [0.1, 0.15) is 0 Å². The predicted octanol–water partition coefficient (Wildman–Crippen LogP) is 0.846. The molecule has 0 unspecified atom stereocenters. The fraction of sp³-hybridized carbons (Fsp3) is 0.500. The van der Waals surface area contributed by atoms with Gasteiger partial charge in [-0.05, 0) is 31.4 Å². The maximum Gasteiger partial charge on any atom is 0.262 e. The molecule has 10 nitrogen and oxygen atoms in total. The van der Waals surface area contributed by atoms with Crippen LogP contribution in [0, 0.1) is 5.41 Å². The summed E-state index contributed by atoms with van der Waals surface area (Å²) < 4.78 is 29.2. The second-order valence-corrected chi connectivity index (χ2v) is 10.0. The number of nitrogens with zero attached hydrogens (tertiary/aromatic N) is 5. The first-order chi connectivity index (χ1) is 14.7. The number of carbonyl (C=O) groups excluding carboxylic acids is 2. The minimum absolute atomic E-state index is 0.0145. The van der Waals surface area contributed by atoms with E-state index in [0.717, 1.165) is 0 Å². The Bertz CT molecular complexity index is 1090. The lowest BCUT2D eigenvalue weighted by molar-refractivity contribution is -0.133. The molecule has 0 spiro atoms. The van der Waals surface area contributed by atoms with Gasteiger partial charge in [0.2, 0.25) is 11.8 Å². The number of aromatic nitrogens is 3. The molecule has 31 heavy (non-hydrogen) atoms. The normalized spacial score (nSPS) is 24.5. The minimum Gasteiger partial charge on any atom is -0.339 e. The lowest BCUT2D eigenvalue weighted by Crippen LogP contribution is -2.48. The predicted molar refractivity (Wildman–Crippen MR) is 112 cm³/mol. The molecule has 0 saturated carbocycles. The number of hydrogen-bond acceptors (Lipinski definition) is 6. The van der Waals surface area contributed by atoms with E-state index < -0.39 is 15.4 Å². The molecule has 0 aromatic carbocycles. The quantitative estimate of drug-likeness (QED) is 0.744. The number of hydrogen-bond donors (Lipinski definition) is 1. The topological polar surface area (TPSA) is 118 Å². The number of anilines is 1. The summed E-state index contributed by atoms with van der Waals surface area (Å²) in [6.07, 6.45) is 7.28. The van der Waals surface area contributed by atoms with Crippen LogP contribution < -0.4 is 5.32 Å². The summed E-state index contributed by atoms with van der Waals surface area (Å²) >= 11 is 0. The van der Waals surface area contributed by atoms with Crippen molar-refractivity contribution in [2.24, 2.45) is 12.5 Å². The van der Waals surface area contributed by atoms with E-state index in [9.17, 15) is 18.0 Å². The van der Waals surface area contributed by atoms with E-state index in [2.05, 4.69) is 15.3 Å². The number of sulfonamides is 1. The van der Waals surface area contributed by atoms with Crippen LogP contribution in [-0.2, 0) is 26.7 Å². The molecule has 1 N–H and O–H groups in total. The molecule has 2 aromatic heterocycles. The summed E-state index contributed by atoms with van der Waals surface area (Å²) in [6.45, 7) is 2.37. The maximum absolute atomic E-state index is 13.5. The first kappa shape index (κ1) is 21.4. The van der Waals surface area contributed by atoms with Gasteiger partial charge < -0.3 is 14.8 Å². The van der Waals surface area contributed by atoms with Crippen molar-refractivity contribution in [3.8, 4) is 0 Å². The van der Waals surface area contributed by atoms with E-state index in [0.29, 0.717) is 31.5 Å². The van der Waals surface area contributed by atoms with Gasteiger partial charge in [-0.25, -0.2) is 13.4 Å². The lowest BCUT2D eigenvalue weighted by atomic mass is 9.75. The van der Waals surface area contributed by atoms with Gasteiger partial charge in [-0.1, -0.05) is 0 Å². The summed E-state index contributed by atoms with van der Waals surface area (Å²) in [4.78, 5) is 35.5. The van der Waals surface area contributed by atoms with Crippen LogP contribution in [0.2, 0.25) is 0 Å². The monoisotopic (exact) mass is 446 g/mol. The van der Waals surface area contributed by atoms with Gasteiger partial charge in [0.05, 0.1) is 23.6 Å². The summed E-state index contributed by atoms with van der Waals surface area (Å²) in [7, 11) is -2.08. The summed E-state index contributed by atoms with van der Waals surface area (Å²) in [5.41, 5.74) is -0.292. The molecule has 0 bridgehead atoms. The van der Waals surface area contributed by atoms with Gasteiger partial charge >= 0.3 is 0 Å². The highest BCUT2D eigenvalue weighted by Crippen LogP contribution is 2.45. The number of carbonyl (C=O) groups is 2. The Kier molecular flexibility index (Phi) is 5.56. The maximum atomic E-state index is 13.5. The number of amides is 2. The van der Waals surface area contributed by atoms with Crippen LogP contribution in [0.3, 0.4) is 0 Å². The molecule has 2 aliphatic heterocycles. The lowest BCUT2D eigenvalue weighted by Gasteiger charge is -2.35. The Morgan fingerprint density at radius 1 is 1.23 bits per heavy atom. The smallest absolute Gasteiger partial charge is 0.262 e. The van der Waals surface area contributed by atoms with Gasteiger partial charge in [-0.2, -0.15) is 4.31 Å². The number of aryl methyl sites for hydroxylation is 1. The summed E-state index contributed by atoms with van der Waals surface area (Å²) in [5, 5.41) is 2.91. The second-order valence-electron chi connectivity index (χ2n) is 8.15. The zero-order chi connectivity index (χ0) is 22.2. The molecular formula is C20H26N6O4S. The Labute approximate surface area is 181 Å². The molecule has 0 radical (unpaired) electrons. The van der Waals surface area contributed by atoms with Crippen molar-refractivity contribution in [2.45, 2.75) is 37.3 Å². The molecule has 2 atom stereocenters. The van der Waals surface area contributed by atoms with Gasteiger partial charge in [-0.15, -0.1) is 0 Å². The first-order valence-corrected chi connectivity index (χ1v) is 11.6. The van der Waals surface area contributed by atoms with Crippen LogP contribution in [0.5, 0.6) is 0 Å². The average molecular weight is 447 g/mol. The molecule has 11 heteroatoms. The standard InChI is InChI=1S/C20H26N6O4S/c1-15(27)26-11-7-20(19(28)23-16-4-3-8-21-12-16)6-10-25(9-5-17(20)26)31(29,30)18-13-24(2)14-22-18/h3-4,8,12-14,17H,5-7,9-11H2,1-2H3,(H,23,28)/t17-,20+/m0/s1. The fourth-order valence-corrected chi connectivity index (χ4v) is 6.13. The van der Waals surface area contributed by atoms with Gasteiger partial charge in [-0.3, -0.25) is 14.6 Å². The van der Waals surface area contributed by atoms with E-state index in [1.165, 1.54) is 23.8 Å². The third-order valence-corrected chi connectivity index (χ3v) is 8.12. The zero-order valence-corrected chi connectivity index (χ0v) is 18.4. The zero-order valence-electron chi connectivity index (χ0n) is 17.6. The van der Waals surface area contributed by atoms with Crippen molar-refractivity contribution in [2.75, 3.05) is 25.0 Å². The highest BCUT2D eigenvalue weighted by molar-refractivity contribution is 7.89. The number of likely N-dealkylation sites (tertiary alicyclic amines) is 1. The Hall–Kier alpha value is -2.79. The van der Waals surface area contributed by atoms with Crippen LogP contribution in [0.15, 0.2) is 42.1 Å². The third kappa shape index (κ3) is 3.83. The molecule has 166 valence electrons. The Morgan fingerprint density at radius 3 is 2.65 bits per heavy atom. The fourth-order valence-electron chi connectivity index (χ4n) is 4.71. The van der Waals surface area contributed by atoms with Gasteiger partial charge in [0.25, 0.3) is 10.0 Å². The van der Waals surface area contributed by atoms with Crippen molar-refractivity contribution >= 4 is 27.5 Å². The largest absolute Gasteiger partial charge is 0.339 e. The SMILES string of the molecule is CC(=O)N1CC[C@]2(C(=O)Nc3cccnc3)CCN(S(=O)(=O)c3cn(C)cn3)CC[C@H]12. The molecule has 2 aliphatic rings. The van der Waals surface area contributed by atoms with Gasteiger partial charge in [0, 0.05) is 52.0 Å². The number of fused-ring (bicyclic) bond motifs is 1. The van der Waals surface area contributed by atoms with Crippen molar-refractivity contribution in [3.63, 3.8) is 0 Å². The molecule has 2 fully saturated rings. The van der Waals surface area contributed by atoms with E-state index in [1.807, 2.05) is 0 Å². The minimum atomic E-state index is -3.79. The van der Waals surface area contributed by atoms with E-state index in [-0.39, 0.29) is 36.0 Å². The summed E-state index contributed by atoms with van der Waals surface area (Å²) in [5.74, 6) is -0.312. The Morgan fingerprint density at radius 2 is 2.00 bits per heavy atom. The number of nitrogens with one attached hydrogen (secondary N) is 1. The Balaban J connectivity index is 1.64. The van der Waals surface area contributed by atoms with Crippen molar-refractivity contribution in [1.82, 2.24) is 23.7 Å². The molecule has 4 heterocycles. The van der Waals surface area contributed by atoms with E-state index in [1.54, 1.807) is 41.0 Å². The van der Waals surface area contributed by atoms with Crippen LogP contribution in [0.25, 0.3) is 0 Å². The van der Waals surface area contributed by atoms with Crippen LogP contribution in [0.4, 0.5) is 5.69 Å². The highest BCUT2D eigenvalue weighted by atomic mass is 32.2. The number of imidazole rings is 1. The molecule has 2 saturated heterocycles. The van der Waals surface area contributed by atoms with Crippen LogP contribution >= 0.6 is 0 Å². The second kappa shape index (κ2) is 8.04. The molecule has 2 aromatic rings. The summed E-state index contributed by atoms with van der Waals surface area (Å²) in [6, 6.07) is 3.11. The first-order valence-electron chi connectivity index (χ1n) is 10.2. The van der Waals surface area contributed by atoms with E-state index >= 15 is 0 Å². The number of rotatable bonds is 4. The van der Waals surface area contributed by atoms with Crippen LogP contribution in [-0.4, -0.2) is 69.6 Å². The average Bonchev–Trinajstić information content (AvgIpc) is 3.28. The highest BCUT2D eigenvalue weighted by Gasteiger charge is 2.55. The van der Waals surface area contributed by atoms with E-state index in [4.69, 9.17) is 0 Å².